The van der Waals surface area contributed by atoms with Gasteiger partial charge in [-0.1, -0.05) is 6.92 Å². The standard InChI is InChI=1S/C16H25N3O/c1-3-10(2)19-7-6-13(18-19)9-14(20)15-11-4-5-12(8-11)16(15)17/h6-7,10-12,15-16H,3-5,8-9,17H2,1-2H3. The molecule has 110 valence electrons. The Morgan fingerprint density at radius 3 is 2.90 bits per heavy atom. The lowest BCUT2D eigenvalue weighted by Crippen LogP contribution is -2.40. The van der Waals surface area contributed by atoms with E-state index in [1.807, 2.05) is 16.9 Å². The largest absolute Gasteiger partial charge is 0.327 e. The summed E-state index contributed by atoms with van der Waals surface area (Å²) in [4.78, 5) is 12.5. The zero-order valence-electron chi connectivity index (χ0n) is 12.5. The molecule has 0 amide bonds. The minimum absolute atomic E-state index is 0.0856. The van der Waals surface area contributed by atoms with Crippen LogP contribution in [-0.4, -0.2) is 21.6 Å². The summed E-state index contributed by atoms with van der Waals surface area (Å²) in [5.41, 5.74) is 7.14. The first kappa shape index (κ1) is 13.8. The van der Waals surface area contributed by atoms with Crippen LogP contribution in [0, 0.1) is 17.8 Å². The van der Waals surface area contributed by atoms with Gasteiger partial charge in [-0.05, 0) is 50.5 Å². The average Bonchev–Trinajstić information content (AvgIpc) is 3.12. The van der Waals surface area contributed by atoms with E-state index in [4.69, 9.17) is 5.73 Å². The normalized spacial score (nSPS) is 33.5. The Labute approximate surface area is 120 Å². The number of nitrogens with two attached hydrogens (primary N) is 1. The molecule has 0 radical (unpaired) electrons. The fraction of sp³-hybridized carbons (Fsp3) is 0.750. The molecule has 1 heterocycles. The van der Waals surface area contributed by atoms with Crippen molar-refractivity contribution >= 4 is 5.78 Å². The number of nitrogens with zero attached hydrogens (tertiary/aromatic N) is 2. The van der Waals surface area contributed by atoms with Gasteiger partial charge < -0.3 is 5.73 Å². The summed E-state index contributed by atoms with van der Waals surface area (Å²) in [6.07, 6.45) is 7.06. The summed E-state index contributed by atoms with van der Waals surface area (Å²) in [6.45, 7) is 4.29. The maximum absolute atomic E-state index is 12.5. The molecular weight excluding hydrogens is 250 g/mol. The second kappa shape index (κ2) is 5.32. The predicted molar refractivity (Wildman–Crippen MR) is 78.2 cm³/mol. The van der Waals surface area contributed by atoms with Gasteiger partial charge in [0.05, 0.1) is 12.1 Å². The molecule has 3 rings (SSSR count). The Kier molecular flexibility index (Phi) is 3.67. The summed E-state index contributed by atoms with van der Waals surface area (Å²) in [5, 5.41) is 4.53. The third-order valence-electron chi connectivity index (χ3n) is 5.41. The van der Waals surface area contributed by atoms with Gasteiger partial charge in [-0.15, -0.1) is 0 Å². The molecule has 4 heteroatoms. The molecule has 2 saturated carbocycles. The fourth-order valence-corrected chi connectivity index (χ4v) is 4.01. The number of ketones is 1. The third-order valence-corrected chi connectivity index (χ3v) is 5.41. The summed E-state index contributed by atoms with van der Waals surface area (Å²) < 4.78 is 1.96. The van der Waals surface area contributed by atoms with Gasteiger partial charge >= 0.3 is 0 Å². The van der Waals surface area contributed by atoms with Gasteiger partial charge in [0.25, 0.3) is 0 Å². The highest BCUT2D eigenvalue weighted by Crippen LogP contribution is 2.48. The molecule has 5 unspecified atom stereocenters. The van der Waals surface area contributed by atoms with Crippen LogP contribution in [0.3, 0.4) is 0 Å². The summed E-state index contributed by atoms with van der Waals surface area (Å²) in [7, 11) is 0. The fourth-order valence-electron chi connectivity index (χ4n) is 4.01. The quantitative estimate of drug-likeness (QED) is 0.897. The Hall–Kier alpha value is -1.16. The monoisotopic (exact) mass is 275 g/mol. The second-order valence-electron chi connectivity index (χ2n) is 6.62. The van der Waals surface area contributed by atoms with Crippen molar-refractivity contribution in [3.05, 3.63) is 18.0 Å². The molecule has 0 saturated heterocycles. The van der Waals surface area contributed by atoms with Crippen LogP contribution in [-0.2, 0) is 11.2 Å². The minimum atomic E-state index is 0.0856. The van der Waals surface area contributed by atoms with E-state index in [9.17, 15) is 4.79 Å². The Morgan fingerprint density at radius 1 is 1.50 bits per heavy atom. The van der Waals surface area contributed by atoms with E-state index in [0.29, 0.717) is 30.1 Å². The van der Waals surface area contributed by atoms with Crippen LogP contribution in [0.25, 0.3) is 0 Å². The lowest BCUT2D eigenvalue weighted by molar-refractivity contribution is -0.124. The van der Waals surface area contributed by atoms with Gasteiger partial charge in [0, 0.05) is 24.2 Å². The molecule has 1 aromatic rings. The smallest absolute Gasteiger partial charge is 0.143 e. The van der Waals surface area contributed by atoms with Crippen LogP contribution < -0.4 is 5.73 Å². The molecule has 2 aliphatic rings. The van der Waals surface area contributed by atoms with E-state index in [-0.39, 0.29) is 12.0 Å². The zero-order valence-corrected chi connectivity index (χ0v) is 12.5. The van der Waals surface area contributed by atoms with Crippen molar-refractivity contribution in [2.75, 3.05) is 0 Å². The van der Waals surface area contributed by atoms with Gasteiger partial charge in [-0.3, -0.25) is 9.48 Å². The van der Waals surface area contributed by atoms with E-state index in [0.717, 1.165) is 12.1 Å². The van der Waals surface area contributed by atoms with E-state index in [2.05, 4.69) is 18.9 Å². The van der Waals surface area contributed by atoms with Gasteiger partial charge in [-0.25, -0.2) is 0 Å². The zero-order chi connectivity index (χ0) is 14.3. The molecule has 5 atom stereocenters. The number of Topliss-reactive ketones (excluding diaryl/α,β-unsaturated/α-hetero) is 1. The second-order valence-corrected chi connectivity index (χ2v) is 6.62. The first-order chi connectivity index (χ1) is 9.60. The van der Waals surface area contributed by atoms with Crippen molar-refractivity contribution in [1.29, 1.82) is 0 Å². The highest BCUT2D eigenvalue weighted by Gasteiger charge is 2.48. The average molecular weight is 275 g/mol. The molecule has 2 N–H and O–H groups in total. The van der Waals surface area contributed by atoms with Crippen molar-refractivity contribution in [2.24, 2.45) is 23.5 Å². The van der Waals surface area contributed by atoms with Gasteiger partial charge in [0.2, 0.25) is 0 Å². The number of hydrogen-bond acceptors (Lipinski definition) is 3. The first-order valence-corrected chi connectivity index (χ1v) is 7.92. The lowest BCUT2D eigenvalue weighted by Gasteiger charge is -2.26. The molecule has 2 fully saturated rings. The number of hydrogen-bond donors (Lipinski definition) is 1. The van der Waals surface area contributed by atoms with Gasteiger partial charge in [0.1, 0.15) is 5.78 Å². The summed E-state index contributed by atoms with van der Waals surface area (Å²) in [6, 6.07) is 2.46. The molecule has 2 bridgehead atoms. The van der Waals surface area contributed by atoms with Crippen molar-refractivity contribution in [1.82, 2.24) is 9.78 Å². The van der Waals surface area contributed by atoms with Crippen LogP contribution >= 0.6 is 0 Å². The van der Waals surface area contributed by atoms with Gasteiger partial charge in [0.15, 0.2) is 0 Å². The van der Waals surface area contributed by atoms with E-state index < -0.39 is 0 Å². The Balaban J connectivity index is 1.66. The van der Waals surface area contributed by atoms with Crippen molar-refractivity contribution in [2.45, 2.75) is 58.0 Å². The van der Waals surface area contributed by atoms with Crippen LogP contribution in [0.1, 0.15) is 51.3 Å². The highest BCUT2D eigenvalue weighted by molar-refractivity contribution is 5.84. The number of carbonyl (C=O) groups is 1. The minimum Gasteiger partial charge on any atom is -0.327 e. The molecule has 1 aromatic heterocycles. The van der Waals surface area contributed by atoms with E-state index in [1.54, 1.807) is 0 Å². The predicted octanol–water partition coefficient (Wildman–Crippen LogP) is 2.34. The topological polar surface area (TPSA) is 60.9 Å². The molecule has 4 nitrogen and oxygen atoms in total. The molecule has 0 aliphatic heterocycles. The van der Waals surface area contributed by atoms with Crippen LogP contribution in [0.15, 0.2) is 12.3 Å². The number of aromatic nitrogens is 2. The number of fused-ring (bicyclic) bond motifs is 2. The highest BCUT2D eigenvalue weighted by atomic mass is 16.1. The third kappa shape index (κ3) is 2.30. The maximum Gasteiger partial charge on any atom is 0.143 e. The van der Waals surface area contributed by atoms with Crippen LogP contribution in [0.2, 0.25) is 0 Å². The SMILES string of the molecule is CCC(C)n1ccc(CC(=O)C2C3CCC(C3)C2N)n1. The van der Waals surface area contributed by atoms with E-state index in [1.165, 1.54) is 19.3 Å². The molecule has 0 aromatic carbocycles. The molecular formula is C16H25N3O. The number of carbonyl (C=O) groups excluding carboxylic acids is 1. The molecule has 0 spiro atoms. The maximum atomic E-state index is 12.5. The first-order valence-electron chi connectivity index (χ1n) is 7.92. The van der Waals surface area contributed by atoms with Crippen molar-refractivity contribution in [3.8, 4) is 0 Å². The Bertz CT molecular complexity index is 494. The van der Waals surface area contributed by atoms with Crippen LogP contribution in [0.4, 0.5) is 0 Å². The van der Waals surface area contributed by atoms with Gasteiger partial charge in [-0.2, -0.15) is 5.10 Å². The Morgan fingerprint density at radius 2 is 2.25 bits per heavy atom. The van der Waals surface area contributed by atoms with Crippen molar-refractivity contribution in [3.63, 3.8) is 0 Å². The van der Waals surface area contributed by atoms with Crippen molar-refractivity contribution < 1.29 is 4.79 Å². The molecule has 20 heavy (non-hydrogen) atoms. The summed E-state index contributed by atoms with van der Waals surface area (Å²) >= 11 is 0. The molecule has 2 aliphatic carbocycles. The van der Waals surface area contributed by atoms with E-state index >= 15 is 0 Å². The number of rotatable bonds is 5. The van der Waals surface area contributed by atoms with Crippen LogP contribution in [0.5, 0.6) is 0 Å². The summed E-state index contributed by atoms with van der Waals surface area (Å²) in [5.74, 6) is 1.52. The lowest BCUT2D eigenvalue weighted by atomic mass is 9.81.